The van der Waals surface area contributed by atoms with E-state index in [-0.39, 0.29) is 30.4 Å². The highest BCUT2D eigenvalue weighted by Crippen LogP contribution is 2.27. The summed E-state index contributed by atoms with van der Waals surface area (Å²) in [5.41, 5.74) is 0. The molecule has 0 atom stereocenters. The number of rotatable bonds is 7. The molecule has 5 nitrogen and oxygen atoms in total. The molecule has 0 saturated heterocycles. The van der Waals surface area contributed by atoms with Gasteiger partial charge in [-0.25, -0.2) is 0 Å². The molecule has 2 N–H and O–H groups in total. The van der Waals surface area contributed by atoms with Gasteiger partial charge in [-0.3, -0.25) is 9.59 Å². The first kappa shape index (κ1) is 21.7. The van der Waals surface area contributed by atoms with Crippen molar-refractivity contribution >= 4 is 19.2 Å². The third-order valence-corrected chi connectivity index (χ3v) is 6.19. The van der Waals surface area contributed by atoms with Gasteiger partial charge in [0, 0.05) is 12.0 Å². The molecule has 1 aromatic rings. The minimum absolute atomic E-state index is 0.0285. The van der Waals surface area contributed by atoms with Crippen molar-refractivity contribution in [1.82, 2.24) is 10.5 Å². The number of amides is 2. The SMILES string of the molecule is O=C(COc1ccccc1)NC1CCC(C(=O)N[B]C2CCCCCCC2)CC1. The van der Waals surface area contributed by atoms with Gasteiger partial charge >= 0.3 is 0 Å². The Kier molecular flexibility index (Phi) is 8.91. The van der Waals surface area contributed by atoms with Crippen LogP contribution in [0, 0.1) is 5.92 Å². The lowest BCUT2D eigenvalue weighted by molar-refractivity contribution is -0.125. The summed E-state index contributed by atoms with van der Waals surface area (Å²) in [6.45, 7) is 0.0285. The lowest BCUT2D eigenvalue weighted by Crippen LogP contribution is -2.43. The summed E-state index contributed by atoms with van der Waals surface area (Å²) in [5.74, 6) is 1.35. The van der Waals surface area contributed by atoms with Crippen LogP contribution >= 0.6 is 0 Å². The smallest absolute Gasteiger partial charge is 0.258 e. The molecule has 0 aromatic heterocycles. The van der Waals surface area contributed by atoms with Crippen LogP contribution in [0.2, 0.25) is 5.82 Å². The fraction of sp³-hybridized carbons (Fsp3) is 0.652. The molecule has 157 valence electrons. The lowest BCUT2D eigenvalue weighted by Gasteiger charge is -2.29. The van der Waals surface area contributed by atoms with E-state index in [1.165, 1.54) is 44.9 Å². The average molecular weight is 397 g/mol. The number of hydrogen-bond donors (Lipinski definition) is 2. The number of hydrogen-bond acceptors (Lipinski definition) is 3. The second-order valence-electron chi connectivity index (χ2n) is 8.50. The molecule has 0 bridgehead atoms. The average Bonchev–Trinajstić information content (AvgIpc) is 2.72. The van der Waals surface area contributed by atoms with Gasteiger partial charge in [-0.1, -0.05) is 63.1 Å². The second kappa shape index (κ2) is 11.9. The van der Waals surface area contributed by atoms with Crippen LogP contribution in [-0.4, -0.2) is 31.9 Å². The highest BCUT2D eigenvalue weighted by atomic mass is 16.5. The van der Waals surface area contributed by atoms with Gasteiger partial charge in [0.05, 0.1) is 0 Å². The molecule has 2 amide bonds. The van der Waals surface area contributed by atoms with Crippen molar-refractivity contribution in [3.05, 3.63) is 30.3 Å². The molecule has 0 unspecified atom stereocenters. The maximum Gasteiger partial charge on any atom is 0.258 e. The van der Waals surface area contributed by atoms with Gasteiger partial charge < -0.3 is 15.3 Å². The molecule has 1 aromatic carbocycles. The van der Waals surface area contributed by atoms with Crippen LogP contribution in [0.4, 0.5) is 0 Å². The summed E-state index contributed by atoms with van der Waals surface area (Å²) in [6.07, 6.45) is 12.3. The van der Waals surface area contributed by atoms with Crippen molar-refractivity contribution in [3.8, 4) is 5.75 Å². The second-order valence-corrected chi connectivity index (χ2v) is 8.50. The number of para-hydroxylation sites is 1. The first-order valence-electron chi connectivity index (χ1n) is 11.3. The van der Waals surface area contributed by atoms with Crippen molar-refractivity contribution in [2.24, 2.45) is 5.92 Å². The summed E-state index contributed by atoms with van der Waals surface area (Å²) in [7, 11) is 2.06. The van der Waals surface area contributed by atoms with Crippen LogP contribution in [-0.2, 0) is 9.59 Å². The number of nitrogens with one attached hydrogen (secondary N) is 2. The quantitative estimate of drug-likeness (QED) is 0.684. The zero-order valence-electron chi connectivity index (χ0n) is 17.4. The standard InChI is InChI=1S/C23H34BN2O3/c27-22(17-29-21-11-7-4-8-12-21)25-20-15-13-18(14-16-20)23(28)26-24-19-9-5-2-1-3-6-10-19/h4,7-8,11-12,18-20H,1-3,5-6,9-10,13-17H2,(H,25,27)(H,26,28). The zero-order valence-corrected chi connectivity index (χ0v) is 17.4. The molecule has 3 rings (SSSR count). The minimum atomic E-state index is -0.0978. The molecular weight excluding hydrogens is 363 g/mol. The predicted octanol–water partition coefficient (Wildman–Crippen LogP) is 4.01. The number of ether oxygens (including phenoxy) is 1. The molecule has 2 saturated carbocycles. The number of carbonyl (C=O) groups excluding carboxylic acids is 2. The minimum Gasteiger partial charge on any atom is -0.484 e. The molecule has 2 aliphatic carbocycles. The monoisotopic (exact) mass is 397 g/mol. The van der Waals surface area contributed by atoms with E-state index in [1.807, 2.05) is 30.3 Å². The first-order chi connectivity index (χ1) is 14.2. The van der Waals surface area contributed by atoms with Gasteiger partial charge in [-0.05, 0) is 43.6 Å². The van der Waals surface area contributed by atoms with E-state index in [9.17, 15) is 9.59 Å². The first-order valence-corrected chi connectivity index (χ1v) is 11.3. The molecular formula is C23H34BN2O3. The summed E-state index contributed by atoms with van der Waals surface area (Å²) < 4.78 is 5.49. The molecule has 2 aliphatic rings. The van der Waals surface area contributed by atoms with E-state index >= 15 is 0 Å². The normalized spacial score (nSPS) is 23.3. The summed E-state index contributed by atoms with van der Waals surface area (Å²) in [6, 6.07) is 9.50. The van der Waals surface area contributed by atoms with E-state index in [0.29, 0.717) is 11.6 Å². The zero-order chi connectivity index (χ0) is 20.3. The number of benzene rings is 1. The van der Waals surface area contributed by atoms with Gasteiger partial charge in [0.15, 0.2) is 6.61 Å². The summed E-state index contributed by atoms with van der Waals surface area (Å²) >= 11 is 0. The Bertz CT molecular complexity index is 624. The van der Waals surface area contributed by atoms with E-state index < -0.39 is 0 Å². The number of carbonyl (C=O) groups is 2. The highest BCUT2D eigenvalue weighted by molar-refractivity contribution is 6.39. The van der Waals surface area contributed by atoms with E-state index in [0.717, 1.165) is 25.7 Å². The van der Waals surface area contributed by atoms with Crippen LogP contribution in [0.5, 0.6) is 5.75 Å². The molecule has 0 spiro atoms. The van der Waals surface area contributed by atoms with E-state index in [1.54, 1.807) is 0 Å². The molecule has 1 radical (unpaired) electrons. The van der Waals surface area contributed by atoms with Gasteiger partial charge in [0.1, 0.15) is 5.75 Å². The van der Waals surface area contributed by atoms with Crippen LogP contribution in [0.15, 0.2) is 30.3 Å². The van der Waals surface area contributed by atoms with Crippen molar-refractivity contribution in [3.63, 3.8) is 0 Å². The molecule has 2 fully saturated rings. The fourth-order valence-corrected chi connectivity index (χ4v) is 4.41. The lowest BCUT2D eigenvalue weighted by atomic mass is 9.68. The Morgan fingerprint density at radius 1 is 0.897 bits per heavy atom. The Morgan fingerprint density at radius 3 is 2.24 bits per heavy atom. The fourth-order valence-electron chi connectivity index (χ4n) is 4.41. The van der Waals surface area contributed by atoms with Crippen LogP contribution in [0.25, 0.3) is 0 Å². The Labute approximate surface area is 175 Å². The molecule has 0 heterocycles. The van der Waals surface area contributed by atoms with Crippen molar-refractivity contribution in [2.45, 2.75) is 82.5 Å². The molecule has 0 aliphatic heterocycles. The van der Waals surface area contributed by atoms with Crippen molar-refractivity contribution in [2.75, 3.05) is 6.61 Å². The van der Waals surface area contributed by atoms with Crippen LogP contribution in [0.3, 0.4) is 0 Å². The summed E-state index contributed by atoms with van der Waals surface area (Å²) in [4.78, 5) is 24.6. The van der Waals surface area contributed by atoms with Crippen molar-refractivity contribution < 1.29 is 14.3 Å². The van der Waals surface area contributed by atoms with E-state index in [2.05, 4.69) is 18.0 Å². The maximum atomic E-state index is 12.5. The Morgan fingerprint density at radius 2 is 1.55 bits per heavy atom. The molecule has 6 heteroatoms. The Balaban J connectivity index is 1.30. The topological polar surface area (TPSA) is 67.4 Å². The van der Waals surface area contributed by atoms with Crippen LogP contribution in [0.1, 0.15) is 70.6 Å². The van der Waals surface area contributed by atoms with Gasteiger partial charge in [-0.15, -0.1) is 0 Å². The predicted molar refractivity (Wildman–Crippen MR) is 116 cm³/mol. The maximum absolute atomic E-state index is 12.5. The van der Waals surface area contributed by atoms with Gasteiger partial charge in [0.2, 0.25) is 13.3 Å². The summed E-state index contributed by atoms with van der Waals surface area (Å²) in [5, 5.41) is 6.13. The van der Waals surface area contributed by atoms with E-state index in [4.69, 9.17) is 4.74 Å². The van der Waals surface area contributed by atoms with Gasteiger partial charge in [-0.2, -0.15) is 0 Å². The van der Waals surface area contributed by atoms with Gasteiger partial charge in [0.25, 0.3) is 5.91 Å². The molecule has 29 heavy (non-hydrogen) atoms. The highest BCUT2D eigenvalue weighted by Gasteiger charge is 2.27. The third kappa shape index (κ3) is 7.75. The Hall–Kier alpha value is -1.98. The van der Waals surface area contributed by atoms with Crippen molar-refractivity contribution in [1.29, 1.82) is 0 Å². The van der Waals surface area contributed by atoms with Crippen LogP contribution < -0.4 is 15.3 Å². The largest absolute Gasteiger partial charge is 0.484 e. The third-order valence-electron chi connectivity index (χ3n) is 6.19.